The Hall–Kier alpha value is -3.94. The van der Waals surface area contributed by atoms with Gasteiger partial charge in [-0.25, -0.2) is 13.6 Å². The third-order valence-corrected chi connectivity index (χ3v) is 4.47. The minimum Gasteiger partial charge on any atom is -0.477 e. The Balaban J connectivity index is 1.76. The number of hydrogen-bond donors (Lipinski definition) is 1. The van der Waals surface area contributed by atoms with Gasteiger partial charge in [0, 0.05) is 17.1 Å². The van der Waals surface area contributed by atoms with Crippen LogP contribution < -0.4 is 5.43 Å². The summed E-state index contributed by atoms with van der Waals surface area (Å²) < 4.78 is 28.8. The molecule has 1 N–H and O–H groups in total. The topological polar surface area (TPSA) is 85.1 Å². The van der Waals surface area contributed by atoms with Crippen LogP contribution in [0.25, 0.3) is 22.2 Å². The SMILES string of the molecule is O=C(O)c1cn(Cc2ccc(-c3ccc(F)cc3)nn2)c2c(F)cccc2c1=O. The van der Waals surface area contributed by atoms with Crippen LogP contribution in [0.1, 0.15) is 16.1 Å². The molecule has 0 aliphatic carbocycles. The van der Waals surface area contributed by atoms with Crippen molar-refractivity contribution in [1.29, 1.82) is 0 Å². The summed E-state index contributed by atoms with van der Waals surface area (Å²) in [6, 6.07) is 13.0. The van der Waals surface area contributed by atoms with Crippen molar-refractivity contribution >= 4 is 16.9 Å². The molecule has 0 radical (unpaired) electrons. The quantitative estimate of drug-likeness (QED) is 0.574. The molecule has 0 aliphatic heterocycles. The van der Waals surface area contributed by atoms with Gasteiger partial charge in [-0.15, -0.1) is 0 Å². The molecule has 6 nitrogen and oxygen atoms in total. The minimum atomic E-state index is -1.40. The highest BCUT2D eigenvalue weighted by Gasteiger charge is 2.17. The summed E-state index contributed by atoms with van der Waals surface area (Å²) in [5.74, 6) is -2.40. The Kier molecular flexibility index (Phi) is 4.59. The molecule has 0 bridgehead atoms. The summed E-state index contributed by atoms with van der Waals surface area (Å²) in [5, 5.41) is 17.5. The number of carboxylic acid groups (broad SMARTS) is 1. The van der Waals surface area contributed by atoms with Gasteiger partial charge in [0.25, 0.3) is 0 Å². The molecular weight excluding hydrogens is 380 g/mol. The average molecular weight is 393 g/mol. The molecule has 4 aromatic rings. The largest absolute Gasteiger partial charge is 0.477 e. The first-order valence-corrected chi connectivity index (χ1v) is 8.57. The molecule has 144 valence electrons. The molecule has 0 saturated heterocycles. The van der Waals surface area contributed by atoms with Crippen LogP contribution >= 0.6 is 0 Å². The second kappa shape index (κ2) is 7.23. The zero-order valence-electron chi connectivity index (χ0n) is 14.8. The van der Waals surface area contributed by atoms with Crippen molar-refractivity contribution in [1.82, 2.24) is 14.8 Å². The molecular formula is C21H13F2N3O3. The predicted molar refractivity (Wildman–Crippen MR) is 102 cm³/mol. The molecule has 29 heavy (non-hydrogen) atoms. The lowest BCUT2D eigenvalue weighted by molar-refractivity contribution is 0.0695. The second-order valence-corrected chi connectivity index (χ2v) is 6.36. The lowest BCUT2D eigenvalue weighted by Crippen LogP contribution is -2.20. The third kappa shape index (κ3) is 3.47. The van der Waals surface area contributed by atoms with Crippen molar-refractivity contribution < 1.29 is 18.7 Å². The monoisotopic (exact) mass is 393 g/mol. The molecule has 2 heterocycles. The highest BCUT2D eigenvalue weighted by molar-refractivity contribution is 5.92. The lowest BCUT2D eigenvalue weighted by atomic mass is 10.1. The molecule has 0 aliphatic rings. The maximum absolute atomic E-state index is 14.4. The van der Waals surface area contributed by atoms with Crippen LogP contribution in [-0.4, -0.2) is 25.8 Å². The summed E-state index contributed by atoms with van der Waals surface area (Å²) in [5.41, 5.74) is 0.418. The molecule has 0 spiro atoms. The number of nitrogens with zero attached hydrogens (tertiary/aromatic N) is 3. The zero-order chi connectivity index (χ0) is 20.5. The van der Waals surface area contributed by atoms with E-state index in [0.717, 1.165) is 6.20 Å². The Morgan fingerprint density at radius 3 is 2.41 bits per heavy atom. The van der Waals surface area contributed by atoms with E-state index in [2.05, 4.69) is 10.2 Å². The van der Waals surface area contributed by atoms with E-state index in [-0.39, 0.29) is 23.3 Å². The van der Waals surface area contributed by atoms with E-state index in [1.165, 1.54) is 34.9 Å². The smallest absolute Gasteiger partial charge is 0.341 e. The zero-order valence-corrected chi connectivity index (χ0v) is 14.8. The van der Waals surface area contributed by atoms with E-state index in [0.29, 0.717) is 17.0 Å². The predicted octanol–water partition coefficient (Wildman–Crippen LogP) is 3.48. The summed E-state index contributed by atoms with van der Waals surface area (Å²) in [6.45, 7) is 0.00862. The van der Waals surface area contributed by atoms with Gasteiger partial charge < -0.3 is 9.67 Å². The summed E-state index contributed by atoms with van der Waals surface area (Å²) in [6.07, 6.45) is 1.10. The first-order chi connectivity index (χ1) is 13.9. The summed E-state index contributed by atoms with van der Waals surface area (Å²) in [7, 11) is 0. The van der Waals surface area contributed by atoms with Gasteiger partial charge in [0.05, 0.1) is 23.4 Å². The maximum atomic E-state index is 14.4. The van der Waals surface area contributed by atoms with E-state index >= 15 is 0 Å². The van der Waals surface area contributed by atoms with E-state index in [1.807, 2.05) is 0 Å². The van der Waals surface area contributed by atoms with Crippen molar-refractivity contribution in [3.8, 4) is 11.3 Å². The van der Waals surface area contributed by atoms with E-state index in [4.69, 9.17) is 0 Å². The van der Waals surface area contributed by atoms with Gasteiger partial charge in [0.1, 0.15) is 17.2 Å². The first-order valence-electron chi connectivity index (χ1n) is 8.57. The number of fused-ring (bicyclic) bond motifs is 1. The van der Waals surface area contributed by atoms with Gasteiger partial charge in [0.2, 0.25) is 5.43 Å². The number of aromatic carboxylic acids is 1. The molecule has 2 aromatic carbocycles. The van der Waals surface area contributed by atoms with E-state index in [1.54, 1.807) is 24.3 Å². The number of aromatic nitrogens is 3. The molecule has 0 saturated carbocycles. The minimum absolute atomic E-state index is 0.00749. The molecule has 4 rings (SSSR count). The van der Waals surface area contributed by atoms with Gasteiger partial charge >= 0.3 is 5.97 Å². The third-order valence-electron chi connectivity index (χ3n) is 4.47. The van der Waals surface area contributed by atoms with Crippen molar-refractivity contribution in [3.05, 3.63) is 93.9 Å². The Morgan fingerprint density at radius 1 is 1.00 bits per heavy atom. The van der Waals surface area contributed by atoms with Crippen molar-refractivity contribution in [2.24, 2.45) is 0 Å². The fourth-order valence-corrected chi connectivity index (χ4v) is 3.08. The number of para-hydroxylation sites is 1. The summed E-state index contributed by atoms with van der Waals surface area (Å²) >= 11 is 0. The van der Waals surface area contributed by atoms with E-state index < -0.39 is 22.8 Å². The number of carbonyl (C=O) groups is 1. The van der Waals surface area contributed by atoms with Crippen LogP contribution in [0.4, 0.5) is 8.78 Å². The highest BCUT2D eigenvalue weighted by Crippen LogP contribution is 2.19. The van der Waals surface area contributed by atoms with E-state index in [9.17, 15) is 23.5 Å². The van der Waals surface area contributed by atoms with Gasteiger partial charge in [-0.1, -0.05) is 6.07 Å². The fourth-order valence-electron chi connectivity index (χ4n) is 3.08. The molecule has 2 aromatic heterocycles. The number of carboxylic acids is 1. The number of halogens is 2. The second-order valence-electron chi connectivity index (χ2n) is 6.36. The molecule has 8 heteroatoms. The summed E-state index contributed by atoms with van der Waals surface area (Å²) in [4.78, 5) is 23.8. The fraction of sp³-hybridized carbons (Fsp3) is 0.0476. The normalized spacial score (nSPS) is 11.0. The van der Waals surface area contributed by atoms with Crippen LogP contribution in [0.5, 0.6) is 0 Å². The Morgan fingerprint density at radius 2 is 1.76 bits per heavy atom. The van der Waals surface area contributed by atoms with Crippen molar-refractivity contribution in [2.75, 3.05) is 0 Å². The standard InChI is InChI=1S/C21H13F2N3O3/c22-13-6-4-12(5-7-13)18-9-8-14(24-25-18)10-26-11-16(21(28)29)20(27)15-2-1-3-17(23)19(15)26/h1-9,11H,10H2,(H,28,29). The molecule has 0 amide bonds. The van der Waals surface area contributed by atoms with Gasteiger partial charge in [-0.2, -0.15) is 10.2 Å². The van der Waals surface area contributed by atoms with Gasteiger partial charge in [0.15, 0.2) is 0 Å². The van der Waals surface area contributed by atoms with Crippen molar-refractivity contribution in [3.63, 3.8) is 0 Å². The highest BCUT2D eigenvalue weighted by atomic mass is 19.1. The van der Waals surface area contributed by atoms with Crippen LogP contribution in [0.3, 0.4) is 0 Å². The van der Waals surface area contributed by atoms with Crippen LogP contribution in [0.15, 0.2) is 65.6 Å². The van der Waals surface area contributed by atoms with Crippen molar-refractivity contribution in [2.45, 2.75) is 6.54 Å². The number of hydrogen-bond acceptors (Lipinski definition) is 4. The average Bonchev–Trinajstić information content (AvgIpc) is 2.71. The molecule has 0 fully saturated rings. The number of rotatable bonds is 4. The maximum Gasteiger partial charge on any atom is 0.341 e. The van der Waals surface area contributed by atoms with Gasteiger partial charge in [-0.05, 0) is 48.5 Å². The first kappa shape index (κ1) is 18.4. The Bertz CT molecular complexity index is 1280. The van der Waals surface area contributed by atoms with Crippen LogP contribution in [0.2, 0.25) is 0 Å². The lowest BCUT2D eigenvalue weighted by Gasteiger charge is -2.12. The number of pyridine rings is 1. The Labute approximate surface area is 162 Å². The van der Waals surface area contributed by atoms with Crippen LogP contribution in [0, 0.1) is 11.6 Å². The molecule has 0 unspecified atom stereocenters. The van der Waals surface area contributed by atoms with Crippen LogP contribution in [-0.2, 0) is 6.54 Å². The molecule has 0 atom stereocenters. The van der Waals surface area contributed by atoms with Gasteiger partial charge in [-0.3, -0.25) is 4.79 Å². The number of benzene rings is 2.